The zero-order valence-electron chi connectivity index (χ0n) is 6.92. The number of hydrogen-bond donors (Lipinski definition) is 2. The van der Waals surface area contributed by atoms with E-state index in [4.69, 9.17) is 5.11 Å². The molecule has 2 nitrogen and oxygen atoms in total. The molecule has 0 aromatic carbocycles. The molecule has 0 radical (unpaired) electrons. The Kier molecular flexibility index (Phi) is 2.14. The molecular formula is C9H17NO. The van der Waals surface area contributed by atoms with Gasteiger partial charge in [-0.05, 0) is 38.0 Å². The largest absolute Gasteiger partial charge is 0.396 e. The highest BCUT2D eigenvalue weighted by molar-refractivity contribution is 4.91. The molecule has 2 rings (SSSR count). The number of aliphatic hydroxyl groups excluding tert-OH is 1. The molecule has 0 amide bonds. The van der Waals surface area contributed by atoms with E-state index < -0.39 is 0 Å². The standard InChI is InChI=1S/C9H17NO/c11-4-3-7-5-8-1-2-9(6-7)10-8/h7-11H,1-6H2/t7?,8-,9+. The summed E-state index contributed by atoms with van der Waals surface area (Å²) in [5.74, 6) is 0.804. The molecule has 64 valence electrons. The van der Waals surface area contributed by atoms with Crippen LogP contribution in [0.25, 0.3) is 0 Å². The Morgan fingerprint density at radius 2 is 1.82 bits per heavy atom. The van der Waals surface area contributed by atoms with E-state index in [2.05, 4.69) is 5.32 Å². The smallest absolute Gasteiger partial charge is 0.0433 e. The van der Waals surface area contributed by atoms with Crippen LogP contribution in [-0.4, -0.2) is 23.8 Å². The molecule has 0 aromatic heterocycles. The van der Waals surface area contributed by atoms with E-state index in [-0.39, 0.29) is 0 Å². The summed E-state index contributed by atoms with van der Waals surface area (Å²) >= 11 is 0. The first kappa shape index (κ1) is 7.56. The lowest BCUT2D eigenvalue weighted by molar-refractivity contribution is 0.214. The van der Waals surface area contributed by atoms with Gasteiger partial charge >= 0.3 is 0 Å². The van der Waals surface area contributed by atoms with Gasteiger partial charge in [0.25, 0.3) is 0 Å². The van der Waals surface area contributed by atoms with Gasteiger partial charge in [-0.15, -0.1) is 0 Å². The maximum atomic E-state index is 8.79. The van der Waals surface area contributed by atoms with Gasteiger partial charge in [0.05, 0.1) is 0 Å². The molecule has 0 aliphatic carbocycles. The van der Waals surface area contributed by atoms with Crippen molar-refractivity contribution in [2.45, 2.75) is 44.2 Å². The van der Waals surface area contributed by atoms with Gasteiger partial charge < -0.3 is 10.4 Å². The minimum absolute atomic E-state index is 0.379. The van der Waals surface area contributed by atoms with Crippen LogP contribution in [0.15, 0.2) is 0 Å². The van der Waals surface area contributed by atoms with Crippen molar-refractivity contribution in [2.75, 3.05) is 6.61 Å². The van der Waals surface area contributed by atoms with Gasteiger partial charge in [-0.25, -0.2) is 0 Å². The molecule has 0 spiro atoms. The zero-order chi connectivity index (χ0) is 7.68. The van der Waals surface area contributed by atoms with Crippen molar-refractivity contribution in [1.29, 1.82) is 0 Å². The Morgan fingerprint density at radius 3 is 2.36 bits per heavy atom. The Labute approximate surface area is 68.0 Å². The SMILES string of the molecule is OCCC1C[C@H]2CC[C@@H](C1)N2. The predicted octanol–water partition coefficient (Wildman–Crippen LogP) is 0.899. The molecule has 11 heavy (non-hydrogen) atoms. The maximum Gasteiger partial charge on any atom is 0.0433 e. The number of rotatable bonds is 2. The molecule has 0 aromatic rings. The number of piperidine rings is 1. The van der Waals surface area contributed by atoms with Crippen molar-refractivity contribution in [3.8, 4) is 0 Å². The Bertz CT molecular complexity index is 126. The molecule has 2 heterocycles. The van der Waals surface area contributed by atoms with Crippen LogP contribution in [-0.2, 0) is 0 Å². The molecule has 2 aliphatic heterocycles. The molecule has 0 saturated carbocycles. The van der Waals surface area contributed by atoms with Gasteiger partial charge in [0.15, 0.2) is 0 Å². The third-order valence-corrected chi connectivity index (χ3v) is 3.11. The number of hydrogen-bond acceptors (Lipinski definition) is 2. The fourth-order valence-electron chi connectivity index (χ4n) is 2.59. The molecule has 2 heteroatoms. The van der Waals surface area contributed by atoms with Crippen LogP contribution >= 0.6 is 0 Å². The summed E-state index contributed by atoms with van der Waals surface area (Å²) in [6.07, 6.45) is 6.36. The van der Waals surface area contributed by atoms with E-state index in [0.29, 0.717) is 6.61 Å². The van der Waals surface area contributed by atoms with Crippen molar-refractivity contribution in [3.05, 3.63) is 0 Å². The molecular weight excluding hydrogens is 138 g/mol. The average Bonchev–Trinajstić information content (AvgIpc) is 2.32. The Morgan fingerprint density at radius 1 is 1.18 bits per heavy atom. The van der Waals surface area contributed by atoms with Crippen molar-refractivity contribution in [1.82, 2.24) is 5.32 Å². The van der Waals surface area contributed by atoms with E-state index in [9.17, 15) is 0 Å². The molecule has 2 N–H and O–H groups in total. The van der Waals surface area contributed by atoms with Crippen LogP contribution in [0.1, 0.15) is 32.1 Å². The Hall–Kier alpha value is -0.0800. The normalized spacial score (nSPS) is 42.8. The van der Waals surface area contributed by atoms with Gasteiger partial charge in [-0.1, -0.05) is 0 Å². The first-order valence-electron chi connectivity index (χ1n) is 4.75. The first-order valence-corrected chi connectivity index (χ1v) is 4.75. The quantitative estimate of drug-likeness (QED) is 0.621. The number of aliphatic hydroxyl groups is 1. The molecule has 2 fully saturated rings. The summed E-state index contributed by atoms with van der Waals surface area (Å²) in [5, 5.41) is 12.4. The third-order valence-electron chi connectivity index (χ3n) is 3.11. The lowest BCUT2D eigenvalue weighted by Gasteiger charge is -2.28. The van der Waals surface area contributed by atoms with Gasteiger partial charge in [0.2, 0.25) is 0 Å². The monoisotopic (exact) mass is 155 g/mol. The van der Waals surface area contributed by atoms with Crippen molar-refractivity contribution in [3.63, 3.8) is 0 Å². The molecule has 3 atom stereocenters. The Balaban J connectivity index is 1.87. The minimum Gasteiger partial charge on any atom is -0.396 e. The number of nitrogens with one attached hydrogen (secondary N) is 1. The fraction of sp³-hybridized carbons (Fsp3) is 1.00. The van der Waals surface area contributed by atoms with Crippen LogP contribution in [0.4, 0.5) is 0 Å². The van der Waals surface area contributed by atoms with E-state index in [0.717, 1.165) is 24.4 Å². The topological polar surface area (TPSA) is 32.3 Å². The number of fused-ring (bicyclic) bond motifs is 2. The molecule has 2 bridgehead atoms. The third kappa shape index (κ3) is 1.57. The van der Waals surface area contributed by atoms with Crippen LogP contribution in [0.3, 0.4) is 0 Å². The van der Waals surface area contributed by atoms with E-state index in [1.807, 2.05) is 0 Å². The highest BCUT2D eigenvalue weighted by atomic mass is 16.3. The van der Waals surface area contributed by atoms with Crippen LogP contribution in [0.5, 0.6) is 0 Å². The molecule has 1 unspecified atom stereocenters. The van der Waals surface area contributed by atoms with Gasteiger partial charge in [-0.3, -0.25) is 0 Å². The second kappa shape index (κ2) is 3.11. The average molecular weight is 155 g/mol. The molecule has 2 aliphatic rings. The summed E-state index contributed by atoms with van der Waals surface area (Å²) < 4.78 is 0. The second-order valence-electron chi connectivity index (χ2n) is 3.99. The van der Waals surface area contributed by atoms with E-state index in [1.54, 1.807) is 0 Å². The summed E-state index contributed by atoms with van der Waals surface area (Å²) in [6.45, 7) is 0.379. The van der Waals surface area contributed by atoms with Gasteiger partial charge in [0.1, 0.15) is 0 Å². The predicted molar refractivity (Wildman–Crippen MR) is 44.4 cm³/mol. The first-order chi connectivity index (χ1) is 5.38. The van der Waals surface area contributed by atoms with E-state index >= 15 is 0 Å². The van der Waals surface area contributed by atoms with Crippen molar-refractivity contribution in [2.24, 2.45) is 5.92 Å². The summed E-state index contributed by atoms with van der Waals surface area (Å²) in [5.41, 5.74) is 0. The van der Waals surface area contributed by atoms with Gasteiger partial charge in [-0.2, -0.15) is 0 Å². The lowest BCUT2D eigenvalue weighted by atomic mass is 9.90. The van der Waals surface area contributed by atoms with Crippen molar-refractivity contribution < 1.29 is 5.11 Å². The maximum absolute atomic E-state index is 8.79. The van der Waals surface area contributed by atoms with Gasteiger partial charge in [0, 0.05) is 18.7 Å². The van der Waals surface area contributed by atoms with Crippen molar-refractivity contribution >= 4 is 0 Å². The highest BCUT2D eigenvalue weighted by Gasteiger charge is 2.32. The van der Waals surface area contributed by atoms with Crippen LogP contribution < -0.4 is 5.32 Å². The lowest BCUT2D eigenvalue weighted by Crippen LogP contribution is -2.38. The van der Waals surface area contributed by atoms with E-state index in [1.165, 1.54) is 25.7 Å². The fourth-order valence-corrected chi connectivity index (χ4v) is 2.59. The van der Waals surface area contributed by atoms with Crippen LogP contribution in [0.2, 0.25) is 0 Å². The summed E-state index contributed by atoms with van der Waals surface area (Å²) in [7, 11) is 0. The summed E-state index contributed by atoms with van der Waals surface area (Å²) in [4.78, 5) is 0. The zero-order valence-corrected chi connectivity index (χ0v) is 6.92. The second-order valence-corrected chi connectivity index (χ2v) is 3.99. The highest BCUT2D eigenvalue weighted by Crippen LogP contribution is 2.32. The minimum atomic E-state index is 0.379. The molecule has 2 saturated heterocycles. The summed E-state index contributed by atoms with van der Waals surface area (Å²) in [6, 6.07) is 1.57. The van der Waals surface area contributed by atoms with Crippen LogP contribution in [0, 0.1) is 5.92 Å².